The first kappa shape index (κ1) is 18.0. The normalized spacial score (nSPS) is 17.3. The molecule has 0 atom stereocenters. The second kappa shape index (κ2) is 6.98. The van der Waals surface area contributed by atoms with Crippen molar-refractivity contribution in [3.8, 4) is 5.75 Å². The maximum Gasteiger partial charge on any atom is 0.124 e. The molecule has 4 rings (SSSR count). The molecule has 0 unspecified atom stereocenters. The van der Waals surface area contributed by atoms with Gasteiger partial charge in [-0.3, -0.25) is 4.90 Å². The molecule has 0 spiro atoms. The fourth-order valence-electron chi connectivity index (χ4n) is 4.16. The third-order valence-electron chi connectivity index (χ3n) is 5.75. The molecule has 1 aliphatic heterocycles. The van der Waals surface area contributed by atoms with Crippen LogP contribution in [0.25, 0.3) is 10.9 Å². The number of rotatable bonds is 4. The molecule has 0 aliphatic carbocycles. The van der Waals surface area contributed by atoms with Crippen molar-refractivity contribution in [2.24, 2.45) is 0 Å². The van der Waals surface area contributed by atoms with Crippen LogP contribution in [-0.4, -0.2) is 35.2 Å². The number of H-pyrrole nitrogens is 1. The molecule has 2 N–H and O–H groups in total. The molecule has 1 fully saturated rings. The highest BCUT2D eigenvalue weighted by atomic mass is 19.1. The maximum absolute atomic E-state index is 13.7. The lowest BCUT2D eigenvalue weighted by Crippen LogP contribution is -2.42. The number of aromatic amines is 1. The summed E-state index contributed by atoms with van der Waals surface area (Å²) in [5.74, 6) is 0.517. The number of aliphatic hydroxyl groups is 1. The molecule has 0 radical (unpaired) electrons. The van der Waals surface area contributed by atoms with Gasteiger partial charge in [-0.25, -0.2) is 4.39 Å². The number of nitrogens with one attached hydrogen (secondary N) is 1. The standard InChI is InChI=1S/C22H25FN2O2/c1-15-18(17-13-16(23)7-8-20(17)24-15)14-25-11-9-22(26,10-12-25)19-5-3-4-6-21(19)27-2/h3-8,13,24,26H,9-12,14H2,1-2H3. The van der Waals surface area contributed by atoms with Crippen molar-refractivity contribution in [2.75, 3.05) is 20.2 Å². The van der Waals surface area contributed by atoms with Crippen molar-refractivity contribution in [2.45, 2.75) is 31.9 Å². The highest BCUT2D eigenvalue weighted by Gasteiger charge is 2.36. The molecule has 4 nitrogen and oxygen atoms in total. The minimum Gasteiger partial charge on any atom is -0.496 e. The van der Waals surface area contributed by atoms with Gasteiger partial charge < -0.3 is 14.8 Å². The summed E-state index contributed by atoms with van der Waals surface area (Å²) in [5, 5.41) is 12.1. The monoisotopic (exact) mass is 368 g/mol. The Morgan fingerprint density at radius 1 is 1.19 bits per heavy atom. The largest absolute Gasteiger partial charge is 0.496 e. The molecule has 0 saturated carbocycles. The Balaban J connectivity index is 1.52. The first-order valence-corrected chi connectivity index (χ1v) is 9.35. The lowest BCUT2D eigenvalue weighted by Gasteiger charge is -2.39. The summed E-state index contributed by atoms with van der Waals surface area (Å²) in [6.45, 7) is 4.33. The summed E-state index contributed by atoms with van der Waals surface area (Å²) < 4.78 is 19.1. The fraction of sp³-hybridized carbons (Fsp3) is 0.364. The molecular weight excluding hydrogens is 343 g/mol. The SMILES string of the molecule is COc1ccccc1C1(O)CCN(Cc2c(C)[nH]c3ccc(F)cc23)CC1. The molecule has 5 heteroatoms. The molecule has 3 aromatic rings. The maximum atomic E-state index is 13.7. The predicted molar refractivity (Wildman–Crippen MR) is 104 cm³/mol. The van der Waals surface area contributed by atoms with Gasteiger partial charge in [-0.1, -0.05) is 18.2 Å². The second-order valence-corrected chi connectivity index (χ2v) is 7.43. The van der Waals surface area contributed by atoms with Crippen molar-refractivity contribution >= 4 is 10.9 Å². The summed E-state index contributed by atoms with van der Waals surface area (Å²) in [7, 11) is 1.64. The van der Waals surface area contributed by atoms with E-state index in [2.05, 4.69) is 9.88 Å². The van der Waals surface area contributed by atoms with Gasteiger partial charge >= 0.3 is 0 Å². The van der Waals surface area contributed by atoms with E-state index in [1.54, 1.807) is 19.2 Å². The number of benzene rings is 2. The average molecular weight is 368 g/mol. The van der Waals surface area contributed by atoms with E-state index in [4.69, 9.17) is 4.74 Å². The van der Waals surface area contributed by atoms with E-state index in [-0.39, 0.29) is 5.82 Å². The number of nitrogens with zero attached hydrogens (tertiary/aromatic N) is 1. The number of aromatic nitrogens is 1. The van der Waals surface area contributed by atoms with Gasteiger partial charge in [0, 0.05) is 41.8 Å². The quantitative estimate of drug-likeness (QED) is 0.729. The number of hydrogen-bond donors (Lipinski definition) is 2. The molecule has 1 aromatic heterocycles. The van der Waals surface area contributed by atoms with Crippen molar-refractivity contribution in [1.82, 2.24) is 9.88 Å². The summed E-state index contributed by atoms with van der Waals surface area (Å²) >= 11 is 0. The minimum absolute atomic E-state index is 0.216. The van der Waals surface area contributed by atoms with Gasteiger partial charge in [-0.15, -0.1) is 0 Å². The smallest absolute Gasteiger partial charge is 0.124 e. The van der Waals surface area contributed by atoms with Crippen LogP contribution in [-0.2, 0) is 12.1 Å². The van der Waals surface area contributed by atoms with Crippen LogP contribution in [0.15, 0.2) is 42.5 Å². The molecule has 27 heavy (non-hydrogen) atoms. The van der Waals surface area contributed by atoms with Crippen LogP contribution in [0.1, 0.15) is 29.7 Å². The van der Waals surface area contributed by atoms with E-state index in [1.807, 2.05) is 31.2 Å². The van der Waals surface area contributed by atoms with Gasteiger partial charge in [0.1, 0.15) is 11.6 Å². The van der Waals surface area contributed by atoms with Gasteiger partial charge in [0.2, 0.25) is 0 Å². The van der Waals surface area contributed by atoms with Crippen LogP contribution >= 0.6 is 0 Å². The Bertz CT molecular complexity index is 958. The van der Waals surface area contributed by atoms with Crippen molar-refractivity contribution in [3.63, 3.8) is 0 Å². The minimum atomic E-state index is -0.871. The Hall–Kier alpha value is -2.37. The summed E-state index contributed by atoms with van der Waals surface area (Å²) in [6, 6.07) is 12.6. The van der Waals surface area contributed by atoms with Crippen molar-refractivity contribution in [1.29, 1.82) is 0 Å². The Morgan fingerprint density at radius 2 is 1.93 bits per heavy atom. The van der Waals surface area contributed by atoms with Crippen LogP contribution in [0.4, 0.5) is 4.39 Å². The molecule has 2 heterocycles. The average Bonchev–Trinajstić information content (AvgIpc) is 2.98. The van der Waals surface area contributed by atoms with Gasteiger partial charge in [-0.2, -0.15) is 0 Å². The summed E-state index contributed by atoms with van der Waals surface area (Å²) in [6.07, 6.45) is 1.28. The molecule has 0 bridgehead atoms. The lowest BCUT2D eigenvalue weighted by molar-refractivity contribution is -0.0291. The van der Waals surface area contributed by atoms with Crippen LogP contribution in [0, 0.1) is 12.7 Å². The lowest BCUT2D eigenvalue weighted by atomic mass is 9.83. The Labute approximate surface area is 158 Å². The third kappa shape index (κ3) is 3.33. The van der Waals surface area contributed by atoms with E-state index >= 15 is 0 Å². The van der Waals surface area contributed by atoms with E-state index in [0.717, 1.165) is 53.1 Å². The van der Waals surface area contributed by atoms with E-state index in [1.165, 1.54) is 6.07 Å². The predicted octanol–water partition coefficient (Wildman–Crippen LogP) is 4.11. The van der Waals surface area contributed by atoms with E-state index in [9.17, 15) is 9.50 Å². The Morgan fingerprint density at radius 3 is 2.67 bits per heavy atom. The molecule has 142 valence electrons. The van der Waals surface area contributed by atoms with Gasteiger partial charge in [-0.05, 0) is 49.6 Å². The van der Waals surface area contributed by atoms with E-state index in [0.29, 0.717) is 12.8 Å². The van der Waals surface area contributed by atoms with Crippen LogP contribution < -0.4 is 4.74 Å². The first-order chi connectivity index (χ1) is 13.0. The molecular formula is C22H25FN2O2. The highest BCUT2D eigenvalue weighted by molar-refractivity contribution is 5.84. The number of para-hydroxylation sites is 1. The number of piperidine rings is 1. The molecule has 1 aliphatic rings. The first-order valence-electron chi connectivity index (χ1n) is 9.35. The molecule has 1 saturated heterocycles. The summed E-state index contributed by atoms with van der Waals surface area (Å²) in [4.78, 5) is 5.67. The fourth-order valence-corrected chi connectivity index (χ4v) is 4.16. The zero-order chi connectivity index (χ0) is 19.0. The van der Waals surface area contributed by atoms with Crippen LogP contribution in [0.2, 0.25) is 0 Å². The molecule has 0 amide bonds. The number of likely N-dealkylation sites (tertiary alicyclic amines) is 1. The summed E-state index contributed by atoms with van der Waals surface area (Å²) in [5.41, 5.74) is 3.15. The van der Waals surface area contributed by atoms with Crippen LogP contribution in [0.5, 0.6) is 5.75 Å². The zero-order valence-corrected chi connectivity index (χ0v) is 15.8. The van der Waals surface area contributed by atoms with Crippen molar-refractivity contribution in [3.05, 3.63) is 65.1 Å². The number of ether oxygens (including phenoxy) is 1. The Kier molecular flexibility index (Phi) is 4.66. The van der Waals surface area contributed by atoms with Gasteiger partial charge in [0.15, 0.2) is 0 Å². The van der Waals surface area contributed by atoms with Crippen molar-refractivity contribution < 1.29 is 14.2 Å². The molecule has 2 aromatic carbocycles. The zero-order valence-electron chi connectivity index (χ0n) is 15.8. The highest BCUT2D eigenvalue weighted by Crippen LogP contribution is 2.38. The topological polar surface area (TPSA) is 48.5 Å². The van der Waals surface area contributed by atoms with Gasteiger partial charge in [0.05, 0.1) is 12.7 Å². The van der Waals surface area contributed by atoms with Crippen LogP contribution in [0.3, 0.4) is 0 Å². The number of methoxy groups -OCH3 is 1. The number of fused-ring (bicyclic) bond motifs is 1. The second-order valence-electron chi connectivity index (χ2n) is 7.43. The number of halogens is 1. The third-order valence-corrected chi connectivity index (χ3v) is 5.75. The number of hydrogen-bond acceptors (Lipinski definition) is 3. The number of aryl methyl sites for hydroxylation is 1. The van der Waals surface area contributed by atoms with Gasteiger partial charge in [0.25, 0.3) is 0 Å². The van der Waals surface area contributed by atoms with E-state index < -0.39 is 5.60 Å².